The third-order valence-corrected chi connectivity index (χ3v) is 3.60. The summed E-state index contributed by atoms with van der Waals surface area (Å²) in [6.45, 7) is 6.14. The molecule has 0 fully saturated rings. The molecule has 124 valence electrons. The number of rotatable bonds is 5. The summed E-state index contributed by atoms with van der Waals surface area (Å²) in [6.07, 6.45) is 1.44. The Kier molecular flexibility index (Phi) is 4.33. The van der Waals surface area contributed by atoms with Gasteiger partial charge in [0, 0.05) is 11.8 Å². The largest absolute Gasteiger partial charge is 0.393 e. The van der Waals surface area contributed by atoms with E-state index < -0.39 is 0 Å². The predicted octanol–water partition coefficient (Wildman–Crippen LogP) is 3.97. The molecule has 24 heavy (non-hydrogen) atoms. The zero-order chi connectivity index (χ0) is 17.1. The topological polar surface area (TPSA) is 102 Å². The summed E-state index contributed by atoms with van der Waals surface area (Å²) in [5, 5.41) is 10.1. The van der Waals surface area contributed by atoms with Gasteiger partial charge in [-0.2, -0.15) is 0 Å². The Hall–Kier alpha value is -3.09. The lowest BCUT2D eigenvalue weighted by Gasteiger charge is -2.12. The van der Waals surface area contributed by atoms with Gasteiger partial charge in [0.25, 0.3) is 0 Å². The van der Waals surface area contributed by atoms with Crippen LogP contribution in [-0.2, 0) is 0 Å². The zero-order valence-electron chi connectivity index (χ0n) is 13.9. The normalized spacial score (nSPS) is 10.8. The number of hydrogen-bond acceptors (Lipinski definition) is 7. The molecule has 3 aromatic rings. The lowest BCUT2D eigenvalue weighted by molar-refractivity contribution is 0.400. The minimum absolute atomic E-state index is 0.408. The Morgan fingerprint density at radius 3 is 2.29 bits per heavy atom. The van der Waals surface area contributed by atoms with Gasteiger partial charge < -0.3 is 20.9 Å². The monoisotopic (exact) mass is 324 g/mol. The Balaban J connectivity index is 1.79. The molecular formula is C17H20N6O. The lowest BCUT2D eigenvalue weighted by Crippen LogP contribution is -2.05. The zero-order valence-corrected chi connectivity index (χ0v) is 13.9. The van der Waals surface area contributed by atoms with Crippen LogP contribution in [0.2, 0.25) is 0 Å². The quantitative estimate of drug-likeness (QED) is 0.652. The molecule has 3 rings (SSSR count). The molecule has 0 unspecified atom stereocenters. The lowest BCUT2D eigenvalue weighted by atomic mass is 10.0. The van der Waals surface area contributed by atoms with E-state index in [1.54, 1.807) is 6.07 Å². The van der Waals surface area contributed by atoms with Gasteiger partial charge in [0.15, 0.2) is 17.5 Å². The van der Waals surface area contributed by atoms with Gasteiger partial charge in [-0.3, -0.25) is 0 Å². The van der Waals surface area contributed by atoms with E-state index in [9.17, 15) is 0 Å². The summed E-state index contributed by atoms with van der Waals surface area (Å²) in [5.74, 6) is 2.74. The number of aryl methyl sites for hydroxylation is 1. The maximum absolute atomic E-state index is 6.16. The molecule has 0 atom stereocenters. The van der Waals surface area contributed by atoms with E-state index in [-0.39, 0.29) is 0 Å². The third-order valence-electron chi connectivity index (χ3n) is 3.60. The number of benzene rings is 1. The highest BCUT2D eigenvalue weighted by atomic mass is 16.5. The average Bonchev–Trinajstić information content (AvgIpc) is 2.97. The predicted molar refractivity (Wildman–Crippen MR) is 94.8 cm³/mol. The van der Waals surface area contributed by atoms with Crippen molar-refractivity contribution < 1.29 is 4.52 Å². The Bertz CT molecular complexity index is 825. The standard InChI is InChI=1S/C17H20N6O/c1-10(2)12-4-6-13(7-5-12)21-16-15(18)17(20-9-19-16)22-14-8-11(3)24-23-14/h4-10H,18H2,1-3H3,(H2,19,20,21,22,23). The smallest absolute Gasteiger partial charge is 0.175 e. The minimum atomic E-state index is 0.408. The molecule has 2 aromatic heterocycles. The van der Waals surface area contributed by atoms with E-state index >= 15 is 0 Å². The van der Waals surface area contributed by atoms with Crippen molar-refractivity contribution >= 4 is 28.8 Å². The molecule has 4 N–H and O–H groups in total. The van der Waals surface area contributed by atoms with Crippen LogP contribution in [0.25, 0.3) is 0 Å². The van der Waals surface area contributed by atoms with Gasteiger partial charge in [-0.05, 0) is 30.5 Å². The molecule has 0 radical (unpaired) electrons. The molecule has 0 aliphatic carbocycles. The van der Waals surface area contributed by atoms with Crippen molar-refractivity contribution in [1.29, 1.82) is 0 Å². The van der Waals surface area contributed by atoms with Gasteiger partial charge in [-0.25, -0.2) is 9.97 Å². The van der Waals surface area contributed by atoms with Gasteiger partial charge in [0.1, 0.15) is 17.8 Å². The fourth-order valence-electron chi connectivity index (χ4n) is 2.23. The first kappa shape index (κ1) is 15.8. The molecule has 0 saturated carbocycles. The summed E-state index contributed by atoms with van der Waals surface area (Å²) in [7, 11) is 0. The van der Waals surface area contributed by atoms with E-state index in [0.29, 0.717) is 34.8 Å². The SMILES string of the molecule is Cc1cc(Nc2ncnc(Nc3ccc(C(C)C)cc3)c2N)no1. The van der Waals surface area contributed by atoms with Crippen LogP contribution < -0.4 is 16.4 Å². The van der Waals surface area contributed by atoms with Crippen molar-refractivity contribution in [3.05, 3.63) is 48.0 Å². The van der Waals surface area contributed by atoms with E-state index in [0.717, 1.165) is 5.69 Å². The first-order chi connectivity index (χ1) is 11.5. The van der Waals surface area contributed by atoms with E-state index in [4.69, 9.17) is 10.3 Å². The highest BCUT2D eigenvalue weighted by molar-refractivity contribution is 5.79. The number of nitrogens with two attached hydrogens (primary N) is 1. The van der Waals surface area contributed by atoms with Gasteiger partial charge in [0.05, 0.1) is 0 Å². The van der Waals surface area contributed by atoms with Crippen LogP contribution in [0.1, 0.15) is 31.1 Å². The molecule has 0 spiro atoms. The highest BCUT2D eigenvalue weighted by Crippen LogP contribution is 2.28. The van der Waals surface area contributed by atoms with Crippen LogP contribution in [0, 0.1) is 6.92 Å². The molecule has 1 aromatic carbocycles. The van der Waals surface area contributed by atoms with E-state index in [1.165, 1.54) is 11.9 Å². The van der Waals surface area contributed by atoms with Crippen molar-refractivity contribution in [1.82, 2.24) is 15.1 Å². The molecule has 0 aliphatic rings. The van der Waals surface area contributed by atoms with Crippen molar-refractivity contribution in [2.24, 2.45) is 0 Å². The maximum atomic E-state index is 6.16. The number of aromatic nitrogens is 3. The molecule has 7 heteroatoms. The molecule has 0 aliphatic heterocycles. The second kappa shape index (κ2) is 6.57. The van der Waals surface area contributed by atoms with Crippen LogP contribution in [0.3, 0.4) is 0 Å². The van der Waals surface area contributed by atoms with Crippen LogP contribution >= 0.6 is 0 Å². The number of nitrogen functional groups attached to an aromatic ring is 1. The van der Waals surface area contributed by atoms with Crippen LogP contribution in [0.4, 0.5) is 28.8 Å². The van der Waals surface area contributed by atoms with Crippen LogP contribution in [-0.4, -0.2) is 15.1 Å². The molecule has 0 saturated heterocycles. The van der Waals surface area contributed by atoms with Crippen molar-refractivity contribution in [3.8, 4) is 0 Å². The number of nitrogens with one attached hydrogen (secondary N) is 2. The summed E-state index contributed by atoms with van der Waals surface area (Å²) in [6, 6.07) is 9.94. The molecule has 0 bridgehead atoms. The molecule has 2 heterocycles. The Morgan fingerprint density at radius 1 is 1.04 bits per heavy atom. The van der Waals surface area contributed by atoms with Crippen LogP contribution in [0.15, 0.2) is 41.2 Å². The third kappa shape index (κ3) is 3.45. The van der Waals surface area contributed by atoms with Crippen molar-refractivity contribution in [2.45, 2.75) is 26.7 Å². The molecule has 7 nitrogen and oxygen atoms in total. The van der Waals surface area contributed by atoms with Crippen molar-refractivity contribution in [3.63, 3.8) is 0 Å². The van der Waals surface area contributed by atoms with E-state index in [1.807, 2.05) is 19.1 Å². The number of anilines is 5. The number of nitrogens with zero attached hydrogens (tertiary/aromatic N) is 3. The van der Waals surface area contributed by atoms with Gasteiger partial charge in [-0.1, -0.05) is 31.1 Å². The van der Waals surface area contributed by atoms with Gasteiger partial charge in [-0.15, -0.1) is 0 Å². The van der Waals surface area contributed by atoms with E-state index in [2.05, 4.69) is 51.7 Å². The Labute approximate surface area is 140 Å². The summed E-state index contributed by atoms with van der Waals surface area (Å²) < 4.78 is 5.02. The second-order valence-electron chi connectivity index (χ2n) is 5.83. The fourth-order valence-corrected chi connectivity index (χ4v) is 2.23. The van der Waals surface area contributed by atoms with Gasteiger partial charge in [0.2, 0.25) is 0 Å². The minimum Gasteiger partial charge on any atom is -0.393 e. The highest BCUT2D eigenvalue weighted by Gasteiger charge is 2.10. The average molecular weight is 324 g/mol. The fraction of sp³-hybridized carbons (Fsp3) is 0.235. The first-order valence-electron chi connectivity index (χ1n) is 7.70. The summed E-state index contributed by atoms with van der Waals surface area (Å²) in [5.41, 5.74) is 8.75. The second-order valence-corrected chi connectivity index (χ2v) is 5.83. The van der Waals surface area contributed by atoms with Crippen LogP contribution in [0.5, 0.6) is 0 Å². The van der Waals surface area contributed by atoms with Gasteiger partial charge >= 0.3 is 0 Å². The molecule has 0 amide bonds. The first-order valence-corrected chi connectivity index (χ1v) is 7.70. The van der Waals surface area contributed by atoms with Crippen molar-refractivity contribution in [2.75, 3.05) is 16.4 Å². The summed E-state index contributed by atoms with van der Waals surface area (Å²) >= 11 is 0. The Morgan fingerprint density at radius 2 is 1.71 bits per heavy atom. The summed E-state index contributed by atoms with van der Waals surface area (Å²) in [4.78, 5) is 8.36. The maximum Gasteiger partial charge on any atom is 0.175 e. The number of hydrogen-bond donors (Lipinski definition) is 3. The molecular weight excluding hydrogens is 304 g/mol.